The molecule has 0 aliphatic carbocycles. The van der Waals surface area contributed by atoms with Gasteiger partial charge in [-0.2, -0.15) is 0 Å². The molecule has 1 aliphatic heterocycles. The molecule has 2 heteroatoms. The Bertz CT molecular complexity index is 859. The Morgan fingerprint density at radius 2 is 1.48 bits per heavy atom. The number of fused-ring (bicyclic) bond motifs is 2. The second-order valence-corrected chi connectivity index (χ2v) is 8.26. The predicted molar refractivity (Wildman–Crippen MR) is 101 cm³/mol. The first kappa shape index (κ1) is 13.6. The van der Waals surface area contributed by atoms with Crippen molar-refractivity contribution in [2.45, 2.75) is 5.32 Å². The summed E-state index contributed by atoms with van der Waals surface area (Å²) < 4.78 is 2.99. The minimum atomic E-state index is 0.509. The third kappa shape index (κ3) is 2.36. The number of hydrogen-bond donors (Lipinski definition) is 0. The number of rotatable bonds is 1. The van der Waals surface area contributed by atoms with E-state index in [4.69, 9.17) is 0 Å². The third-order valence-corrected chi connectivity index (χ3v) is 8.25. The van der Waals surface area contributed by atoms with Crippen molar-refractivity contribution in [3.8, 4) is 0 Å². The van der Waals surface area contributed by atoms with Crippen molar-refractivity contribution < 1.29 is 0 Å². The number of benzene rings is 3. The Morgan fingerprint density at radius 3 is 2.43 bits per heavy atom. The van der Waals surface area contributed by atoms with Crippen molar-refractivity contribution in [3.05, 3.63) is 83.4 Å². The molecular weight excluding hydrogens is 434 g/mol. The molecule has 0 saturated heterocycles. The zero-order chi connectivity index (χ0) is 14.2. The number of hydrogen-bond acceptors (Lipinski definition) is 0. The van der Waals surface area contributed by atoms with E-state index in [9.17, 15) is 0 Å². The molecule has 21 heavy (non-hydrogen) atoms. The van der Waals surface area contributed by atoms with Gasteiger partial charge in [-0.05, 0) is 0 Å². The second kappa shape index (κ2) is 5.60. The summed E-state index contributed by atoms with van der Waals surface area (Å²) in [6, 6.07) is 24.2. The molecule has 0 amide bonds. The van der Waals surface area contributed by atoms with Gasteiger partial charge >= 0.3 is 145 Å². The van der Waals surface area contributed by atoms with Crippen molar-refractivity contribution >= 4 is 56.4 Å². The molecule has 4 rings (SSSR count). The van der Waals surface area contributed by atoms with E-state index in [1.165, 1.54) is 36.4 Å². The van der Waals surface area contributed by atoms with Gasteiger partial charge in [0.25, 0.3) is 0 Å². The van der Waals surface area contributed by atoms with Gasteiger partial charge in [-0.3, -0.25) is 0 Å². The predicted octanol–water partition coefficient (Wildman–Crippen LogP) is 5.32. The summed E-state index contributed by atoms with van der Waals surface area (Å²) in [5, 5.41) is 3.92. The minimum absolute atomic E-state index is 0.509. The summed E-state index contributed by atoms with van der Waals surface area (Å²) in [6.45, 7) is 0. The van der Waals surface area contributed by atoms with Gasteiger partial charge in [0.05, 0.1) is 0 Å². The van der Waals surface area contributed by atoms with Gasteiger partial charge in [0.1, 0.15) is 0 Å². The average molecular weight is 447 g/mol. The van der Waals surface area contributed by atoms with E-state index >= 15 is 0 Å². The van der Waals surface area contributed by atoms with Crippen LogP contribution in [0.5, 0.6) is 0 Å². The topological polar surface area (TPSA) is 0 Å². The first-order valence-corrected chi connectivity index (χ1v) is 10.1. The van der Waals surface area contributed by atoms with Gasteiger partial charge in [0.2, 0.25) is 0 Å². The molecule has 0 fully saturated rings. The molecule has 3 aromatic rings. The van der Waals surface area contributed by atoms with Crippen molar-refractivity contribution in [2.24, 2.45) is 0 Å². The van der Waals surface area contributed by atoms with Crippen LogP contribution in [0.2, 0.25) is 0 Å². The van der Waals surface area contributed by atoms with Crippen LogP contribution in [0.4, 0.5) is 0 Å². The first-order chi connectivity index (χ1) is 10.3. The van der Waals surface area contributed by atoms with E-state index in [-0.39, 0.29) is 0 Å². The Balaban J connectivity index is 1.98. The molecular formula is C19H13ISe. The molecule has 0 atom stereocenters. The fourth-order valence-corrected chi connectivity index (χ4v) is 6.79. The van der Waals surface area contributed by atoms with E-state index < -0.39 is 0 Å². The van der Waals surface area contributed by atoms with E-state index in [2.05, 4.69) is 89.3 Å². The summed E-state index contributed by atoms with van der Waals surface area (Å²) in [7, 11) is 0. The summed E-state index contributed by atoms with van der Waals surface area (Å²) in [4.78, 5) is 0. The van der Waals surface area contributed by atoms with Crippen LogP contribution in [-0.2, 0) is 5.32 Å². The second-order valence-electron chi connectivity index (χ2n) is 5.12. The van der Waals surface area contributed by atoms with Crippen molar-refractivity contribution in [1.82, 2.24) is 0 Å². The molecule has 0 unspecified atom stereocenters. The SMILES string of the molecule is IC1=C(c2cccc3ccccc23)[Se]Cc2ccccc21. The van der Waals surface area contributed by atoms with E-state index in [0.29, 0.717) is 15.0 Å². The zero-order valence-corrected chi connectivity index (χ0v) is 15.2. The molecule has 3 aromatic carbocycles. The summed E-state index contributed by atoms with van der Waals surface area (Å²) in [5.41, 5.74) is 4.35. The molecule has 102 valence electrons. The van der Waals surface area contributed by atoms with Crippen molar-refractivity contribution in [1.29, 1.82) is 0 Å². The third-order valence-electron chi connectivity index (χ3n) is 3.86. The van der Waals surface area contributed by atoms with Crippen LogP contribution in [0.3, 0.4) is 0 Å². The van der Waals surface area contributed by atoms with Gasteiger partial charge < -0.3 is 0 Å². The van der Waals surface area contributed by atoms with Crippen LogP contribution in [0.25, 0.3) is 18.8 Å². The zero-order valence-electron chi connectivity index (χ0n) is 11.3. The maximum atomic E-state index is 2.54. The van der Waals surface area contributed by atoms with Gasteiger partial charge in [0.15, 0.2) is 0 Å². The Labute approximate surface area is 144 Å². The molecule has 0 aromatic heterocycles. The van der Waals surface area contributed by atoms with Crippen molar-refractivity contribution in [2.75, 3.05) is 0 Å². The Hall–Kier alpha value is -1.09. The van der Waals surface area contributed by atoms with E-state index in [1.807, 2.05) is 0 Å². The molecule has 0 radical (unpaired) electrons. The molecule has 0 saturated carbocycles. The van der Waals surface area contributed by atoms with Crippen LogP contribution >= 0.6 is 22.6 Å². The van der Waals surface area contributed by atoms with Crippen LogP contribution in [0.15, 0.2) is 66.7 Å². The normalized spacial score (nSPS) is 14.3. The van der Waals surface area contributed by atoms with Gasteiger partial charge in [0, 0.05) is 0 Å². The molecule has 0 bridgehead atoms. The standard InChI is InChI=1S/C19H13ISe/c20-18-16-10-4-2-7-14(16)12-21-19(18)17-11-5-8-13-6-1-3-9-15(13)17/h1-11H,12H2. The van der Waals surface area contributed by atoms with E-state index in [0.717, 1.165) is 0 Å². The average Bonchev–Trinajstić information content (AvgIpc) is 2.55. The summed E-state index contributed by atoms with van der Waals surface area (Å²) in [5.74, 6) is 0. The van der Waals surface area contributed by atoms with Gasteiger partial charge in [-0.15, -0.1) is 0 Å². The molecule has 0 spiro atoms. The van der Waals surface area contributed by atoms with Crippen LogP contribution in [0, 0.1) is 0 Å². The van der Waals surface area contributed by atoms with Crippen LogP contribution < -0.4 is 0 Å². The quantitative estimate of drug-likeness (QED) is 0.350. The number of halogens is 1. The van der Waals surface area contributed by atoms with Crippen molar-refractivity contribution in [3.63, 3.8) is 0 Å². The molecule has 1 aliphatic rings. The Kier molecular flexibility index (Phi) is 3.62. The first-order valence-electron chi connectivity index (χ1n) is 6.93. The van der Waals surface area contributed by atoms with Gasteiger partial charge in [-0.1, -0.05) is 0 Å². The van der Waals surface area contributed by atoms with E-state index in [1.54, 1.807) is 4.47 Å². The van der Waals surface area contributed by atoms with Crippen LogP contribution in [-0.4, -0.2) is 15.0 Å². The fraction of sp³-hybridized carbons (Fsp3) is 0.0526. The summed E-state index contributed by atoms with van der Waals surface area (Å²) >= 11 is 3.05. The molecule has 0 nitrogen and oxygen atoms in total. The fourth-order valence-electron chi connectivity index (χ4n) is 2.82. The molecule has 0 N–H and O–H groups in total. The monoisotopic (exact) mass is 448 g/mol. The Morgan fingerprint density at radius 1 is 0.762 bits per heavy atom. The van der Waals surface area contributed by atoms with Crippen LogP contribution in [0.1, 0.15) is 16.7 Å². The maximum absolute atomic E-state index is 2.54. The van der Waals surface area contributed by atoms with Gasteiger partial charge in [-0.25, -0.2) is 0 Å². The summed E-state index contributed by atoms with van der Waals surface area (Å²) in [6.07, 6.45) is 0. The molecule has 1 heterocycles.